The molecule has 0 aromatic rings. The lowest BCUT2D eigenvalue weighted by atomic mass is 10.1. The van der Waals surface area contributed by atoms with Crippen LogP contribution in [0.1, 0.15) is 32.6 Å². The molecular formula is C15H30ClN2O5P. The zero-order valence-electron chi connectivity index (χ0n) is 14.4. The SMILES string of the molecule is C[C@H](CCCOC(=O)[C@@H](N)CCCl)CP(C)(=O)CC[C@H](N)C(=O)O. The first-order chi connectivity index (χ1) is 11.1. The minimum atomic E-state index is -2.42. The van der Waals surface area contributed by atoms with Crippen LogP contribution < -0.4 is 11.5 Å². The van der Waals surface area contributed by atoms with Gasteiger partial charge in [0.1, 0.15) is 12.1 Å². The highest BCUT2D eigenvalue weighted by Gasteiger charge is 2.22. The highest BCUT2D eigenvalue weighted by molar-refractivity contribution is 7.63. The molecule has 9 heteroatoms. The van der Waals surface area contributed by atoms with E-state index >= 15 is 0 Å². The Morgan fingerprint density at radius 2 is 1.83 bits per heavy atom. The van der Waals surface area contributed by atoms with Gasteiger partial charge < -0.3 is 25.9 Å². The summed E-state index contributed by atoms with van der Waals surface area (Å²) in [5.74, 6) is -1.02. The van der Waals surface area contributed by atoms with Crippen LogP contribution in [0.2, 0.25) is 0 Å². The summed E-state index contributed by atoms with van der Waals surface area (Å²) < 4.78 is 17.6. The van der Waals surface area contributed by atoms with Crippen LogP contribution in [0.25, 0.3) is 0 Å². The van der Waals surface area contributed by atoms with Crippen LogP contribution in [0, 0.1) is 5.92 Å². The third-order valence-electron chi connectivity index (χ3n) is 3.74. The fraction of sp³-hybridized carbons (Fsp3) is 0.867. The number of carboxylic acids is 1. The van der Waals surface area contributed by atoms with E-state index in [1.165, 1.54) is 0 Å². The Morgan fingerprint density at radius 1 is 1.21 bits per heavy atom. The van der Waals surface area contributed by atoms with E-state index in [1.807, 2.05) is 6.92 Å². The summed E-state index contributed by atoms with van der Waals surface area (Å²) >= 11 is 5.51. The molecule has 0 saturated carbocycles. The van der Waals surface area contributed by atoms with Crippen LogP contribution >= 0.6 is 18.7 Å². The highest BCUT2D eigenvalue weighted by Crippen LogP contribution is 2.44. The minimum absolute atomic E-state index is 0.192. The fourth-order valence-electron chi connectivity index (χ4n) is 2.32. The molecule has 0 fully saturated rings. The van der Waals surface area contributed by atoms with Crippen molar-refractivity contribution < 1.29 is 24.0 Å². The molecule has 7 nitrogen and oxygen atoms in total. The third-order valence-corrected chi connectivity index (χ3v) is 6.55. The van der Waals surface area contributed by atoms with E-state index in [-0.39, 0.29) is 18.9 Å². The normalized spacial score (nSPS) is 17.5. The van der Waals surface area contributed by atoms with Gasteiger partial charge in [0.2, 0.25) is 0 Å². The fourth-order valence-corrected chi connectivity index (χ4v) is 5.07. The van der Waals surface area contributed by atoms with Gasteiger partial charge >= 0.3 is 11.9 Å². The number of hydrogen-bond acceptors (Lipinski definition) is 6. The van der Waals surface area contributed by atoms with Gasteiger partial charge in [0.15, 0.2) is 0 Å². The molecule has 5 N–H and O–H groups in total. The Morgan fingerprint density at radius 3 is 2.38 bits per heavy atom. The Balaban J connectivity index is 3.99. The number of aliphatic carboxylic acids is 1. The van der Waals surface area contributed by atoms with Gasteiger partial charge in [-0.15, -0.1) is 11.6 Å². The van der Waals surface area contributed by atoms with Crippen LogP contribution in [-0.4, -0.2) is 60.6 Å². The monoisotopic (exact) mass is 384 g/mol. The smallest absolute Gasteiger partial charge is 0.322 e. The molecule has 4 atom stereocenters. The predicted molar refractivity (Wildman–Crippen MR) is 96.2 cm³/mol. The van der Waals surface area contributed by atoms with Crippen LogP contribution in [0.4, 0.5) is 0 Å². The lowest BCUT2D eigenvalue weighted by molar-refractivity contribution is -0.145. The van der Waals surface area contributed by atoms with E-state index in [0.29, 0.717) is 31.0 Å². The average molecular weight is 385 g/mol. The molecule has 0 aliphatic heterocycles. The number of alkyl halides is 1. The molecular weight excluding hydrogens is 355 g/mol. The number of hydrogen-bond donors (Lipinski definition) is 3. The Hall–Kier alpha value is -0.620. The van der Waals surface area contributed by atoms with Gasteiger partial charge in [0, 0.05) is 18.2 Å². The molecule has 0 saturated heterocycles. The van der Waals surface area contributed by atoms with Crippen molar-refractivity contribution in [1.82, 2.24) is 0 Å². The number of carbonyl (C=O) groups is 2. The number of rotatable bonds is 13. The van der Waals surface area contributed by atoms with Gasteiger partial charge in [-0.2, -0.15) is 0 Å². The molecule has 0 aromatic heterocycles. The lowest BCUT2D eigenvalue weighted by Crippen LogP contribution is -2.32. The van der Waals surface area contributed by atoms with Crippen molar-refractivity contribution in [1.29, 1.82) is 0 Å². The van der Waals surface area contributed by atoms with Crippen LogP contribution in [0.15, 0.2) is 0 Å². The van der Waals surface area contributed by atoms with Crippen LogP contribution in [0.3, 0.4) is 0 Å². The van der Waals surface area contributed by atoms with E-state index < -0.39 is 31.2 Å². The maximum atomic E-state index is 12.5. The van der Waals surface area contributed by atoms with E-state index in [0.717, 1.165) is 6.42 Å². The van der Waals surface area contributed by atoms with Crippen molar-refractivity contribution in [2.24, 2.45) is 17.4 Å². The number of ether oxygens (including phenoxy) is 1. The Labute approximate surface area is 148 Å². The first kappa shape index (κ1) is 23.4. The van der Waals surface area contributed by atoms with Crippen molar-refractivity contribution in [3.63, 3.8) is 0 Å². The molecule has 24 heavy (non-hydrogen) atoms. The van der Waals surface area contributed by atoms with Crippen LogP contribution in [0.5, 0.6) is 0 Å². The molecule has 0 aliphatic carbocycles. The molecule has 1 unspecified atom stereocenters. The van der Waals surface area contributed by atoms with Crippen molar-refractivity contribution in [2.45, 2.75) is 44.7 Å². The maximum absolute atomic E-state index is 12.5. The van der Waals surface area contributed by atoms with Gasteiger partial charge in [0.05, 0.1) is 13.7 Å². The standard InChI is InChI=1S/C15H30ClN2O5P/c1-11(4-3-8-23-15(21)13(18)5-7-16)10-24(2,22)9-6-12(17)14(19)20/h11-13H,3-10,17-18H2,1-2H3,(H,19,20)/t11-,12+,13+,24?/m1/s1. The quantitative estimate of drug-likeness (QED) is 0.190. The largest absolute Gasteiger partial charge is 0.480 e. The number of carbonyl (C=O) groups excluding carboxylic acids is 1. The number of esters is 1. The first-order valence-corrected chi connectivity index (χ1v) is 11.2. The Kier molecular flexibility index (Phi) is 11.5. The second-order valence-corrected chi connectivity index (χ2v) is 10.2. The summed E-state index contributed by atoms with van der Waals surface area (Å²) in [5.41, 5.74) is 11.0. The second-order valence-electron chi connectivity index (χ2n) is 6.44. The summed E-state index contributed by atoms with van der Waals surface area (Å²) in [4.78, 5) is 22.2. The molecule has 0 rings (SSSR count). The van der Waals surface area contributed by atoms with Crippen molar-refractivity contribution in [3.05, 3.63) is 0 Å². The molecule has 0 bridgehead atoms. The molecule has 0 radical (unpaired) electrons. The third kappa shape index (κ3) is 11.0. The predicted octanol–water partition coefficient (Wildman–Crippen LogP) is 1.70. The van der Waals surface area contributed by atoms with Crippen molar-refractivity contribution in [2.75, 3.05) is 31.5 Å². The van der Waals surface area contributed by atoms with E-state index in [4.69, 9.17) is 32.9 Å². The van der Waals surface area contributed by atoms with Gasteiger partial charge in [-0.1, -0.05) is 6.92 Å². The molecule has 0 amide bonds. The molecule has 0 heterocycles. The summed E-state index contributed by atoms with van der Waals surface area (Å²) in [6.07, 6.45) is 2.88. The summed E-state index contributed by atoms with van der Waals surface area (Å²) in [5, 5.41) is 8.75. The zero-order chi connectivity index (χ0) is 18.8. The van der Waals surface area contributed by atoms with Crippen molar-refractivity contribution in [3.8, 4) is 0 Å². The van der Waals surface area contributed by atoms with Crippen molar-refractivity contribution >= 4 is 30.7 Å². The molecule has 142 valence electrons. The summed E-state index contributed by atoms with van der Waals surface area (Å²) in [6.45, 7) is 3.94. The lowest BCUT2D eigenvalue weighted by Gasteiger charge is -2.19. The number of carboxylic acid groups (broad SMARTS) is 1. The van der Waals surface area contributed by atoms with Gasteiger partial charge in [-0.25, -0.2) is 0 Å². The second kappa shape index (κ2) is 11.9. The van der Waals surface area contributed by atoms with Crippen LogP contribution in [-0.2, 0) is 18.9 Å². The Bertz CT molecular complexity index is 450. The van der Waals surface area contributed by atoms with E-state index in [2.05, 4.69) is 0 Å². The summed E-state index contributed by atoms with van der Waals surface area (Å²) in [7, 11) is -2.42. The van der Waals surface area contributed by atoms with E-state index in [9.17, 15) is 14.2 Å². The van der Waals surface area contributed by atoms with Gasteiger partial charge in [-0.05, 0) is 38.3 Å². The number of nitrogens with two attached hydrogens (primary N) is 2. The minimum Gasteiger partial charge on any atom is -0.480 e. The maximum Gasteiger partial charge on any atom is 0.322 e. The number of halogens is 1. The first-order valence-electron chi connectivity index (χ1n) is 8.11. The molecule has 0 aliphatic rings. The van der Waals surface area contributed by atoms with E-state index in [1.54, 1.807) is 6.66 Å². The topological polar surface area (TPSA) is 133 Å². The van der Waals surface area contributed by atoms with Gasteiger partial charge in [0.25, 0.3) is 0 Å². The average Bonchev–Trinajstić information content (AvgIpc) is 2.48. The molecule has 0 spiro atoms. The summed E-state index contributed by atoms with van der Waals surface area (Å²) in [6, 6.07) is -1.65. The zero-order valence-corrected chi connectivity index (χ0v) is 16.1. The van der Waals surface area contributed by atoms with Gasteiger partial charge in [-0.3, -0.25) is 9.59 Å². The molecule has 0 aromatic carbocycles. The highest BCUT2D eigenvalue weighted by atomic mass is 35.5.